The molecule has 2 fully saturated rings. The van der Waals surface area contributed by atoms with Crippen molar-refractivity contribution in [1.82, 2.24) is 20.4 Å². The number of nitrogens with zero attached hydrogens (tertiary/aromatic N) is 3. The predicted octanol–water partition coefficient (Wildman–Crippen LogP) is 1.48. The molecular formula is C21H31N5O2. The first-order valence-electron chi connectivity index (χ1n) is 10.2. The number of guanidine groups is 1. The average molecular weight is 386 g/mol. The third-order valence-electron chi connectivity index (χ3n) is 5.51. The Morgan fingerprint density at radius 3 is 2.71 bits per heavy atom. The van der Waals surface area contributed by atoms with Crippen molar-refractivity contribution >= 4 is 17.8 Å². The standard InChI is InChI=1S/C21H31N5O2/c1-3-19(27)26-12-10-18(15-26)24-21(22-2)23-13-16-7-4-5-8-17(16)14-25-11-6-9-20(25)28/h4-5,7-8,18H,3,6,9-15H2,1-2H3,(H2,22,23,24). The van der Waals surface area contributed by atoms with Gasteiger partial charge in [0.2, 0.25) is 11.8 Å². The van der Waals surface area contributed by atoms with Crippen molar-refractivity contribution in [2.45, 2.75) is 51.7 Å². The van der Waals surface area contributed by atoms with E-state index in [9.17, 15) is 9.59 Å². The van der Waals surface area contributed by atoms with Crippen molar-refractivity contribution in [3.63, 3.8) is 0 Å². The van der Waals surface area contributed by atoms with Crippen LogP contribution in [0, 0.1) is 0 Å². The molecule has 2 saturated heterocycles. The van der Waals surface area contributed by atoms with Crippen LogP contribution in [0.1, 0.15) is 43.7 Å². The topological polar surface area (TPSA) is 77.0 Å². The Kier molecular flexibility index (Phi) is 6.90. The number of benzene rings is 1. The van der Waals surface area contributed by atoms with Gasteiger partial charge < -0.3 is 20.4 Å². The van der Waals surface area contributed by atoms with Gasteiger partial charge in [-0.25, -0.2) is 0 Å². The van der Waals surface area contributed by atoms with E-state index in [2.05, 4.69) is 27.8 Å². The largest absolute Gasteiger partial charge is 0.352 e. The van der Waals surface area contributed by atoms with Crippen LogP contribution >= 0.6 is 0 Å². The van der Waals surface area contributed by atoms with Crippen molar-refractivity contribution < 1.29 is 9.59 Å². The second-order valence-electron chi connectivity index (χ2n) is 7.44. The Labute approximate surface area is 167 Å². The van der Waals surface area contributed by atoms with E-state index >= 15 is 0 Å². The number of nitrogens with one attached hydrogen (secondary N) is 2. The van der Waals surface area contributed by atoms with Gasteiger partial charge in [0.1, 0.15) is 0 Å². The van der Waals surface area contributed by atoms with E-state index in [-0.39, 0.29) is 17.9 Å². The predicted molar refractivity (Wildman–Crippen MR) is 110 cm³/mol. The van der Waals surface area contributed by atoms with Crippen LogP contribution in [0.4, 0.5) is 0 Å². The van der Waals surface area contributed by atoms with Gasteiger partial charge in [-0.2, -0.15) is 0 Å². The number of amides is 2. The Balaban J connectivity index is 1.54. The van der Waals surface area contributed by atoms with E-state index in [1.165, 1.54) is 11.1 Å². The highest BCUT2D eigenvalue weighted by atomic mass is 16.2. The van der Waals surface area contributed by atoms with Crippen LogP contribution in [0.2, 0.25) is 0 Å². The minimum absolute atomic E-state index is 0.206. The Bertz CT molecular complexity index is 733. The average Bonchev–Trinajstić information content (AvgIpc) is 3.34. The molecule has 1 unspecified atom stereocenters. The zero-order valence-electron chi connectivity index (χ0n) is 16.9. The van der Waals surface area contributed by atoms with Gasteiger partial charge in [-0.05, 0) is 24.0 Å². The Morgan fingerprint density at radius 1 is 1.25 bits per heavy atom. The van der Waals surface area contributed by atoms with Crippen LogP contribution in [-0.2, 0) is 22.7 Å². The van der Waals surface area contributed by atoms with E-state index in [0.717, 1.165) is 38.4 Å². The zero-order valence-corrected chi connectivity index (χ0v) is 16.9. The number of likely N-dealkylation sites (tertiary alicyclic amines) is 2. The second-order valence-corrected chi connectivity index (χ2v) is 7.44. The third-order valence-corrected chi connectivity index (χ3v) is 5.51. The molecule has 2 aliphatic rings. The first-order chi connectivity index (χ1) is 13.6. The Hall–Kier alpha value is -2.57. The number of carbonyl (C=O) groups excluding carboxylic acids is 2. The van der Waals surface area contributed by atoms with Crippen LogP contribution in [0.15, 0.2) is 29.3 Å². The lowest BCUT2D eigenvalue weighted by atomic mass is 10.1. The fourth-order valence-electron chi connectivity index (χ4n) is 3.86. The van der Waals surface area contributed by atoms with Gasteiger partial charge in [0, 0.05) is 58.7 Å². The lowest BCUT2D eigenvalue weighted by Crippen LogP contribution is -2.44. The van der Waals surface area contributed by atoms with Crippen molar-refractivity contribution in [2.24, 2.45) is 4.99 Å². The summed E-state index contributed by atoms with van der Waals surface area (Å²) in [6.45, 7) is 5.58. The summed E-state index contributed by atoms with van der Waals surface area (Å²) in [6.07, 6.45) is 3.10. The van der Waals surface area contributed by atoms with Gasteiger partial charge in [-0.1, -0.05) is 31.2 Å². The first kappa shape index (κ1) is 20.2. The maximum Gasteiger partial charge on any atom is 0.222 e. The summed E-state index contributed by atoms with van der Waals surface area (Å²) < 4.78 is 0. The summed E-state index contributed by atoms with van der Waals surface area (Å²) in [5.74, 6) is 1.19. The molecule has 0 aliphatic carbocycles. The summed E-state index contributed by atoms with van der Waals surface area (Å²) >= 11 is 0. The highest BCUT2D eigenvalue weighted by Crippen LogP contribution is 2.17. The second kappa shape index (κ2) is 9.57. The molecule has 1 aromatic rings. The van der Waals surface area contributed by atoms with E-state index in [1.807, 2.05) is 28.9 Å². The molecule has 3 rings (SSSR count). The van der Waals surface area contributed by atoms with E-state index < -0.39 is 0 Å². The molecule has 2 aliphatic heterocycles. The molecule has 0 saturated carbocycles. The molecule has 1 atom stereocenters. The minimum atomic E-state index is 0.206. The van der Waals surface area contributed by atoms with Crippen LogP contribution < -0.4 is 10.6 Å². The normalized spacial score (nSPS) is 20.0. The van der Waals surface area contributed by atoms with Crippen LogP contribution in [0.5, 0.6) is 0 Å². The highest BCUT2D eigenvalue weighted by molar-refractivity contribution is 5.81. The molecule has 2 heterocycles. The van der Waals surface area contributed by atoms with Crippen molar-refractivity contribution in [3.8, 4) is 0 Å². The van der Waals surface area contributed by atoms with E-state index in [1.54, 1.807) is 7.05 Å². The fourth-order valence-corrected chi connectivity index (χ4v) is 3.86. The van der Waals surface area contributed by atoms with Crippen molar-refractivity contribution in [3.05, 3.63) is 35.4 Å². The molecule has 7 nitrogen and oxygen atoms in total. The quantitative estimate of drug-likeness (QED) is 0.575. The lowest BCUT2D eigenvalue weighted by molar-refractivity contribution is -0.130. The van der Waals surface area contributed by atoms with Gasteiger partial charge in [0.05, 0.1) is 0 Å². The SMILES string of the molecule is CCC(=O)N1CCC(NC(=NC)NCc2ccccc2CN2CCCC2=O)C1. The van der Waals surface area contributed by atoms with Crippen molar-refractivity contribution in [1.29, 1.82) is 0 Å². The van der Waals surface area contributed by atoms with Crippen LogP contribution in [-0.4, -0.2) is 60.3 Å². The van der Waals surface area contributed by atoms with Gasteiger partial charge in [-0.3, -0.25) is 14.6 Å². The first-order valence-corrected chi connectivity index (χ1v) is 10.2. The summed E-state index contributed by atoms with van der Waals surface area (Å²) in [5.41, 5.74) is 2.33. The number of hydrogen-bond donors (Lipinski definition) is 2. The molecular weight excluding hydrogens is 354 g/mol. The monoisotopic (exact) mass is 385 g/mol. The van der Waals surface area contributed by atoms with Gasteiger partial charge in [-0.15, -0.1) is 0 Å². The molecule has 2 amide bonds. The molecule has 0 aromatic heterocycles. The molecule has 2 N–H and O–H groups in total. The Morgan fingerprint density at radius 2 is 2.04 bits per heavy atom. The summed E-state index contributed by atoms with van der Waals surface area (Å²) in [4.78, 5) is 32.0. The van der Waals surface area contributed by atoms with Crippen LogP contribution in [0.25, 0.3) is 0 Å². The smallest absolute Gasteiger partial charge is 0.222 e. The summed E-state index contributed by atoms with van der Waals surface area (Å²) in [7, 11) is 1.76. The minimum Gasteiger partial charge on any atom is -0.352 e. The van der Waals surface area contributed by atoms with Gasteiger partial charge in [0.25, 0.3) is 0 Å². The fraction of sp³-hybridized carbons (Fsp3) is 0.571. The van der Waals surface area contributed by atoms with E-state index in [4.69, 9.17) is 0 Å². The summed E-state index contributed by atoms with van der Waals surface area (Å²) in [6, 6.07) is 8.44. The number of aliphatic imine (C=N–C) groups is 1. The maximum absolute atomic E-state index is 11.9. The van der Waals surface area contributed by atoms with Crippen LogP contribution in [0.3, 0.4) is 0 Å². The number of hydrogen-bond acceptors (Lipinski definition) is 3. The zero-order chi connectivity index (χ0) is 19.9. The van der Waals surface area contributed by atoms with Crippen molar-refractivity contribution in [2.75, 3.05) is 26.7 Å². The molecule has 1 aromatic carbocycles. The molecule has 0 bridgehead atoms. The molecule has 0 radical (unpaired) electrons. The highest BCUT2D eigenvalue weighted by Gasteiger charge is 2.26. The maximum atomic E-state index is 11.9. The molecule has 7 heteroatoms. The molecule has 152 valence electrons. The molecule has 28 heavy (non-hydrogen) atoms. The third kappa shape index (κ3) is 5.03. The molecule has 0 spiro atoms. The number of carbonyl (C=O) groups is 2. The van der Waals surface area contributed by atoms with E-state index in [0.29, 0.717) is 25.9 Å². The number of rotatable bonds is 6. The van der Waals surface area contributed by atoms with Gasteiger partial charge >= 0.3 is 0 Å². The lowest BCUT2D eigenvalue weighted by Gasteiger charge is -2.21. The van der Waals surface area contributed by atoms with Gasteiger partial charge in [0.15, 0.2) is 5.96 Å². The summed E-state index contributed by atoms with van der Waals surface area (Å²) in [5, 5.41) is 6.80.